The smallest absolute Gasteiger partial charge is 0.228 e. The maximum absolute atomic E-state index is 11.4. The Hall–Kier alpha value is -1.71. The van der Waals surface area contributed by atoms with Gasteiger partial charge >= 0.3 is 0 Å². The van der Waals surface area contributed by atoms with Gasteiger partial charge in [0.2, 0.25) is 5.91 Å². The monoisotopic (exact) mass is 245 g/mol. The zero-order valence-corrected chi connectivity index (χ0v) is 10.7. The third kappa shape index (κ3) is 1.82. The van der Waals surface area contributed by atoms with Gasteiger partial charge in [0.1, 0.15) is 0 Å². The molecule has 18 heavy (non-hydrogen) atoms. The van der Waals surface area contributed by atoms with E-state index in [0.29, 0.717) is 12.5 Å². The van der Waals surface area contributed by atoms with Crippen LogP contribution in [0.15, 0.2) is 12.1 Å². The highest BCUT2D eigenvalue weighted by Crippen LogP contribution is 2.36. The number of nitrogen functional groups attached to an aromatic ring is 1. The van der Waals surface area contributed by atoms with Crippen LogP contribution in [0.2, 0.25) is 0 Å². The molecule has 96 valence electrons. The van der Waals surface area contributed by atoms with Gasteiger partial charge in [0, 0.05) is 18.3 Å². The van der Waals surface area contributed by atoms with Crippen molar-refractivity contribution >= 4 is 23.0 Å². The van der Waals surface area contributed by atoms with Crippen molar-refractivity contribution in [3.8, 4) is 0 Å². The van der Waals surface area contributed by atoms with E-state index in [1.807, 2.05) is 12.1 Å². The van der Waals surface area contributed by atoms with Crippen molar-refractivity contribution in [3.05, 3.63) is 17.7 Å². The molecule has 4 heteroatoms. The summed E-state index contributed by atoms with van der Waals surface area (Å²) in [7, 11) is 0. The summed E-state index contributed by atoms with van der Waals surface area (Å²) in [6, 6.07) is 4.51. The van der Waals surface area contributed by atoms with E-state index in [-0.39, 0.29) is 5.91 Å². The van der Waals surface area contributed by atoms with Crippen LogP contribution in [0, 0.1) is 0 Å². The summed E-state index contributed by atoms with van der Waals surface area (Å²) in [5.41, 5.74) is 9.97. The van der Waals surface area contributed by atoms with E-state index >= 15 is 0 Å². The zero-order valence-electron chi connectivity index (χ0n) is 10.7. The molecule has 0 bridgehead atoms. The number of carbonyl (C=O) groups is 1. The number of carbonyl (C=O) groups excluding carboxylic acids is 1. The molecule has 2 aliphatic rings. The lowest BCUT2D eigenvalue weighted by Gasteiger charge is -2.36. The van der Waals surface area contributed by atoms with Gasteiger partial charge in [-0.3, -0.25) is 4.79 Å². The van der Waals surface area contributed by atoms with Crippen LogP contribution < -0.4 is 16.0 Å². The predicted molar refractivity (Wildman–Crippen MR) is 73.8 cm³/mol. The maximum Gasteiger partial charge on any atom is 0.228 e. The Labute approximate surface area is 107 Å². The van der Waals surface area contributed by atoms with Gasteiger partial charge in [0.25, 0.3) is 0 Å². The molecule has 1 fully saturated rings. The number of hydrogen-bond acceptors (Lipinski definition) is 3. The third-order valence-corrected chi connectivity index (χ3v) is 3.99. The summed E-state index contributed by atoms with van der Waals surface area (Å²) in [5, 5.41) is 2.90. The molecule has 1 aromatic rings. The molecule has 0 radical (unpaired) electrons. The van der Waals surface area contributed by atoms with Crippen molar-refractivity contribution in [2.75, 3.05) is 22.5 Å². The number of piperidine rings is 1. The fraction of sp³-hybridized carbons (Fsp3) is 0.500. The lowest BCUT2D eigenvalue weighted by atomic mass is 10.0. The molecule has 0 aromatic heterocycles. The first-order valence-electron chi connectivity index (χ1n) is 6.64. The summed E-state index contributed by atoms with van der Waals surface area (Å²) in [6.07, 6.45) is 4.17. The van der Waals surface area contributed by atoms with Crippen LogP contribution >= 0.6 is 0 Å². The topological polar surface area (TPSA) is 58.4 Å². The summed E-state index contributed by atoms with van der Waals surface area (Å²) < 4.78 is 0. The van der Waals surface area contributed by atoms with Crippen molar-refractivity contribution in [1.29, 1.82) is 0 Å². The summed E-state index contributed by atoms with van der Waals surface area (Å²) in [5.74, 6) is 0.0632. The molecule has 1 unspecified atom stereocenters. The van der Waals surface area contributed by atoms with E-state index < -0.39 is 0 Å². The van der Waals surface area contributed by atoms with Crippen LogP contribution in [0.3, 0.4) is 0 Å². The molecule has 0 spiro atoms. The molecule has 0 saturated carbocycles. The lowest BCUT2D eigenvalue weighted by Crippen LogP contribution is -2.37. The second-order valence-corrected chi connectivity index (χ2v) is 5.33. The quantitative estimate of drug-likeness (QED) is 0.745. The van der Waals surface area contributed by atoms with Crippen LogP contribution in [-0.2, 0) is 11.2 Å². The van der Waals surface area contributed by atoms with Crippen molar-refractivity contribution in [3.63, 3.8) is 0 Å². The Morgan fingerprint density at radius 2 is 2.22 bits per heavy atom. The number of rotatable bonds is 1. The average Bonchev–Trinajstić information content (AvgIpc) is 2.68. The molecule has 0 aliphatic carbocycles. The molecule has 2 heterocycles. The van der Waals surface area contributed by atoms with Gasteiger partial charge in [0.15, 0.2) is 0 Å². The minimum absolute atomic E-state index is 0.0632. The van der Waals surface area contributed by atoms with Crippen molar-refractivity contribution in [2.24, 2.45) is 0 Å². The average molecular weight is 245 g/mol. The van der Waals surface area contributed by atoms with Gasteiger partial charge in [0.05, 0.1) is 17.8 Å². The van der Waals surface area contributed by atoms with E-state index in [0.717, 1.165) is 29.2 Å². The highest BCUT2D eigenvalue weighted by Gasteiger charge is 2.24. The molecule has 1 saturated heterocycles. The summed E-state index contributed by atoms with van der Waals surface area (Å²) >= 11 is 0. The van der Waals surface area contributed by atoms with Crippen LogP contribution in [0.25, 0.3) is 0 Å². The maximum atomic E-state index is 11.4. The Bertz CT molecular complexity index is 498. The molecular formula is C14H19N3O. The number of nitrogens with one attached hydrogen (secondary N) is 1. The third-order valence-electron chi connectivity index (χ3n) is 3.99. The van der Waals surface area contributed by atoms with Crippen LogP contribution in [0.1, 0.15) is 31.7 Å². The van der Waals surface area contributed by atoms with Crippen molar-refractivity contribution in [2.45, 2.75) is 38.6 Å². The van der Waals surface area contributed by atoms with E-state index in [9.17, 15) is 4.79 Å². The van der Waals surface area contributed by atoms with Crippen molar-refractivity contribution < 1.29 is 4.79 Å². The number of nitrogens with two attached hydrogens (primary N) is 1. The molecule has 3 rings (SSSR count). The van der Waals surface area contributed by atoms with E-state index in [1.165, 1.54) is 19.3 Å². The fourth-order valence-electron chi connectivity index (χ4n) is 2.99. The number of anilines is 3. The minimum Gasteiger partial charge on any atom is -0.397 e. The highest BCUT2D eigenvalue weighted by atomic mass is 16.1. The molecule has 1 aromatic carbocycles. The normalized spacial score (nSPS) is 22.8. The second-order valence-electron chi connectivity index (χ2n) is 5.33. The first-order chi connectivity index (χ1) is 8.65. The molecule has 1 atom stereocenters. The van der Waals surface area contributed by atoms with E-state index in [4.69, 9.17) is 5.73 Å². The van der Waals surface area contributed by atoms with Gasteiger partial charge < -0.3 is 16.0 Å². The number of amides is 1. The molecule has 1 amide bonds. The second kappa shape index (κ2) is 4.19. The van der Waals surface area contributed by atoms with Gasteiger partial charge in [-0.1, -0.05) is 0 Å². The van der Waals surface area contributed by atoms with Gasteiger partial charge in [-0.25, -0.2) is 0 Å². The number of hydrogen-bond donors (Lipinski definition) is 2. The number of fused-ring (bicyclic) bond motifs is 1. The molecule has 3 N–H and O–H groups in total. The van der Waals surface area contributed by atoms with Crippen LogP contribution in [0.5, 0.6) is 0 Å². The summed E-state index contributed by atoms with van der Waals surface area (Å²) in [4.78, 5) is 13.8. The molecule has 4 nitrogen and oxygen atoms in total. The Balaban J connectivity index is 1.97. The minimum atomic E-state index is 0.0632. The van der Waals surface area contributed by atoms with E-state index in [2.05, 4.69) is 17.1 Å². The number of benzene rings is 1. The molecular weight excluding hydrogens is 226 g/mol. The van der Waals surface area contributed by atoms with Gasteiger partial charge in [-0.15, -0.1) is 0 Å². The SMILES string of the molecule is CC1CCCCN1c1cc2c(cc1N)CC(=O)N2. The Morgan fingerprint density at radius 3 is 3.00 bits per heavy atom. The number of nitrogens with zero attached hydrogens (tertiary/aromatic N) is 1. The first-order valence-corrected chi connectivity index (χ1v) is 6.64. The predicted octanol–water partition coefficient (Wildman–Crippen LogP) is 2.14. The van der Waals surface area contributed by atoms with E-state index in [1.54, 1.807) is 0 Å². The highest BCUT2D eigenvalue weighted by molar-refractivity contribution is 6.00. The summed E-state index contributed by atoms with van der Waals surface area (Å²) in [6.45, 7) is 3.29. The van der Waals surface area contributed by atoms with Gasteiger partial charge in [-0.05, 0) is 43.9 Å². The van der Waals surface area contributed by atoms with Crippen LogP contribution in [-0.4, -0.2) is 18.5 Å². The van der Waals surface area contributed by atoms with Crippen molar-refractivity contribution in [1.82, 2.24) is 0 Å². The standard InChI is InChI=1S/C14H19N3O/c1-9-4-2-3-5-17(9)13-8-12-10(6-11(13)15)7-14(18)16-12/h6,8-9H,2-5,7,15H2,1H3,(H,16,18). The Kier molecular flexibility index (Phi) is 2.65. The molecule has 2 aliphatic heterocycles. The fourth-order valence-corrected chi connectivity index (χ4v) is 2.99. The zero-order chi connectivity index (χ0) is 12.7. The first kappa shape index (κ1) is 11.4. The van der Waals surface area contributed by atoms with Crippen LogP contribution in [0.4, 0.5) is 17.1 Å². The Morgan fingerprint density at radius 1 is 1.39 bits per heavy atom. The van der Waals surface area contributed by atoms with Gasteiger partial charge in [-0.2, -0.15) is 0 Å². The lowest BCUT2D eigenvalue weighted by molar-refractivity contribution is -0.115. The largest absolute Gasteiger partial charge is 0.397 e.